The van der Waals surface area contributed by atoms with E-state index in [4.69, 9.17) is 4.98 Å². The minimum absolute atomic E-state index is 0.0558. The van der Waals surface area contributed by atoms with Crippen LogP contribution in [0.3, 0.4) is 0 Å². The standard InChI is InChI=1S/C18H22N4O/c1-22-10-8-13(9-11-22)19-18(23)17-16(12-6-7-12)20-14-4-2-3-5-15(14)21-17/h2-5,12-13H,6-11H2,1H3,(H,19,23). The molecule has 1 aromatic heterocycles. The Morgan fingerprint density at radius 1 is 1.09 bits per heavy atom. The molecule has 2 aromatic rings. The first-order valence-corrected chi connectivity index (χ1v) is 8.47. The van der Waals surface area contributed by atoms with Crippen molar-refractivity contribution in [2.24, 2.45) is 0 Å². The van der Waals surface area contributed by atoms with Gasteiger partial charge in [-0.1, -0.05) is 12.1 Å². The van der Waals surface area contributed by atoms with Gasteiger partial charge >= 0.3 is 0 Å². The van der Waals surface area contributed by atoms with E-state index in [0.717, 1.165) is 55.5 Å². The number of carbonyl (C=O) groups is 1. The highest BCUT2D eigenvalue weighted by Crippen LogP contribution is 2.40. The van der Waals surface area contributed by atoms with E-state index in [1.807, 2.05) is 24.3 Å². The number of carbonyl (C=O) groups excluding carboxylic acids is 1. The quantitative estimate of drug-likeness (QED) is 0.945. The van der Waals surface area contributed by atoms with E-state index in [0.29, 0.717) is 11.6 Å². The van der Waals surface area contributed by atoms with Crippen molar-refractivity contribution in [2.45, 2.75) is 37.6 Å². The summed E-state index contributed by atoms with van der Waals surface area (Å²) in [6.07, 6.45) is 4.23. The molecule has 1 N–H and O–H groups in total. The first kappa shape index (κ1) is 14.6. The molecule has 1 aliphatic heterocycles. The molecule has 0 atom stereocenters. The first-order chi connectivity index (χ1) is 11.2. The van der Waals surface area contributed by atoms with Crippen LogP contribution < -0.4 is 5.32 Å². The zero-order valence-corrected chi connectivity index (χ0v) is 13.5. The number of nitrogens with zero attached hydrogens (tertiary/aromatic N) is 3. The molecule has 5 heteroatoms. The fourth-order valence-corrected chi connectivity index (χ4v) is 3.23. The van der Waals surface area contributed by atoms with Crippen LogP contribution in [0.1, 0.15) is 47.8 Å². The van der Waals surface area contributed by atoms with Crippen LogP contribution in [0, 0.1) is 0 Å². The Bertz CT molecular complexity index is 733. The van der Waals surface area contributed by atoms with Crippen LogP contribution in [0.2, 0.25) is 0 Å². The molecule has 23 heavy (non-hydrogen) atoms. The molecule has 0 radical (unpaired) electrons. The summed E-state index contributed by atoms with van der Waals surface area (Å²) in [4.78, 5) is 24.4. The van der Waals surface area contributed by atoms with E-state index >= 15 is 0 Å². The van der Waals surface area contributed by atoms with Crippen molar-refractivity contribution in [1.29, 1.82) is 0 Å². The van der Waals surface area contributed by atoms with Gasteiger partial charge in [-0.15, -0.1) is 0 Å². The highest BCUT2D eigenvalue weighted by Gasteiger charge is 2.32. The van der Waals surface area contributed by atoms with Gasteiger partial charge in [0.2, 0.25) is 0 Å². The Labute approximate surface area is 136 Å². The molecule has 1 amide bonds. The van der Waals surface area contributed by atoms with Gasteiger partial charge in [0.05, 0.1) is 16.7 Å². The van der Waals surface area contributed by atoms with Crippen molar-refractivity contribution < 1.29 is 4.79 Å². The zero-order chi connectivity index (χ0) is 15.8. The Balaban J connectivity index is 1.61. The summed E-state index contributed by atoms with van der Waals surface area (Å²) in [5.41, 5.74) is 3.09. The molecule has 1 aliphatic carbocycles. The number of benzene rings is 1. The van der Waals surface area contributed by atoms with E-state index in [-0.39, 0.29) is 11.9 Å². The minimum atomic E-state index is -0.0558. The second kappa shape index (κ2) is 5.89. The van der Waals surface area contributed by atoms with E-state index < -0.39 is 0 Å². The minimum Gasteiger partial charge on any atom is -0.348 e. The number of para-hydroxylation sites is 2. The molecule has 1 saturated heterocycles. The van der Waals surface area contributed by atoms with E-state index in [1.54, 1.807) is 0 Å². The van der Waals surface area contributed by atoms with Gasteiger partial charge in [0.25, 0.3) is 5.91 Å². The average Bonchev–Trinajstić information content (AvgIpc) is 3.40. The van der Waals surface area contributed by atoms with Crippen LogP contribution in [-0.4, -0.2) is 47.0 Å². The molecular formula is C18H22N4O. The van der Waals surface area contributed by atoms with E-state index in [2.05, 4.69) is 22.2 Å². The predicted molar refractivity (Wildman–Crippen MR) is 89.5 cm³/mol. The summed E-state index contributed by atoms with van der Waals surface area (Å²) in [6, 6.07) is 8.04. The maximum atomic E-state index is 12.8. The second-order valence-electron chi connectivity index (χ2n) is 6.77. The molecule has 0 spiro atoms. The summed E-state index contributed by atoms with van der Waals surface area (Å²) in [6.45, 7) is 2.06. The topological polar surface area (TPSA) is 58.1 Å². The maximum absolute atomic E-state index is 12.8. The number of nitrogens with one attached hydrogen (secondary N) is 1. The SMILES string of the molecule is CN1CCC(NC(=O)c2nc3ccccc3nc2C2CC2)CC1. The van der Waals surface area contributed by atoms with Crippen molar-refractivity contribution in [3.63, 3.8) is 0 Å². The summed E-state index contributed by atoms with van der Waals surface area (Å²) in [5, 5.41) is 3.18. The molecule has 4 rings (SSSR count). The molecule has 120 valence electrons. The molecule has 2 aliphatic rings. The summed E-state index contributed by atoms with van der Waals surface area (Å²) in [7, 11) is 2.12. The number of likely N-dealkylation sites (tertiary alicyclic amines) is 1. The fourth-order valence-electron chi connectivity index (χ4n) is 3.23. The fraction of sp³-hybridized carbons (Fsp3) is 0.500. The molecule has 2 fully saturated rings. The highest BCUT2D eigenvalue weighted by molar-refractivity contribution is 5.95. The number of amides is 1. The number of rotatable bonds is 3. The smallest absolute Gasteiger partial charge is 0.272 e. The maximum Gasteiger partial charge on any atom is 0.272 e. The summed E-state index contributed by atoms with van der Waals surface area (Å²) in [5.74, 6) is 0.352. The van der Waals surface area contributed by atoms with Gasteiger partial charge in [0, 0.05) is 12.0 Å². The molecular weight excluding hydrogens is 288 g/mol. The van der Waals surface area contributed by atoms with Crippen LogP contribution in [0.15, 0.2) is 24.3 Å². The Hall–Kier alpha value is -2.01. The average molecular weight is 310 g/mol. The Morgan fingerprint density at radius 3 is 2.39 bits per heavy atom. The van der Waals surface area contributed by atoms with E-state index in [1.165, 1.54) is 0 Å². The van der Waals surface area contributed by atoms with Crippen molar-refractivity contribution in [1.82, 2.24) is 20.2 Å². The van der Waals surface area contributed by atoms with Crippen molar-refractivity contribution in [3.05, 3.63) is 35.7 Å². The molecule has 0 unspecified atom stereocenters. The van der Waals surface area contributed by atoms with Crippen LogP contribution in [0.4, 0.5) is 0 Å². The monoisotopic (exact) mass is 310 g/mol. The predicted octanol–water partition coefficient (Wildman–Crippen LogP) is 2.33. The zero-order valence-electron chi connectivity index (χ0n) is 13.5. The van der Waals surface area contributed by atoms with Crippen LogP contribution >= 0.6 is 0 Å². The van der Waals surface area contributed by atoms with Gasteiger partial charge < -0.3 is 10.2 Å². The number of hydrogen-bond acceptors (Lipinski definition) is 4. The van der Waals surface area contributed by atoms with Crippen molar-refractivity contribution >= 4 is 16.9 Å². The van der Waals surface area contributed by atoms with Gasteiger partial charge in [-0.2, -0.15) is 0 Å². The summed E-state index contributed by atoms with van der Waals surface area (Å²) < 4.78 is 0. The van der Waals surface area contributed by atoms with Gasteiger partial charge in [-0.25, -0.2) is 9.97 Å². The normalized spacial score (nSPS) is 19.9. The van der Waals surface area contributed by atoms with Gasteiger partial charge in [-0.05, 0) is 58.0 Å². The third kappa shape index (κ3) is 3.06. The molecule has 0 bridgehead atoms. The summed E-state index contributed by atoms with van der Waals surface area (Å²) >= 11 is 0. The first-order valence-electron chi connectivity index (χ1n) is 8.47. The van der Waals surface area contributed by atoms with Crippen LogP contribution in [0.5, 0.6) is 0 Å². The number of fused-ring (bicyclic) bond motifs is 1. The van der Waals surface area contributed by atoms with Crippen molar-refractivity contribution in [3.8, 4) is 0 Å². The van der Waals surface area contributed by atoms with Crippen LogP contribution in [-0.2, 0) is 0 Å². The molecule has 2 heterocycles. The number of piperidine rings is 1. The lowest BCUT2D eigenvalue weighted by molar-refractivity contribution is 0.0910. The lowest BCUT2D eigenvalue weighted by Crippen LogP contribution is -2.43. The third-order valence-electron chi connectivity index (χ3n) is 4.83. The van der Waals surface area contributed by atoms with Gasteiger partial charge in [-0.3, -0.25) is 4.79 Å². The second-order valence-corrected chi connectivity index (χ2v) is 6.77. The van der Waals surface area contributed by atoms with E-state index in [9.17, 15) is 4.79 Å². The lowest BCUT2D eigenvalue weighted by Gasteiger charge is -2.29. The van der Waals surface area contributed by atoms with Gasteiger partial charge in [0.15, 0.2) is 5.69 Å². The number of hydrogen-bond donors (Lipinski definition) is 1. The Morgan fingerprint density at radius 2 is 1.74 bits per heavy atom. The molecule has 1 aromatic carbocycles. The lowest BCUT2D eigenvalue weighted by atomic mass is 10.0. The van der Waals surface area contributed by atoms with Crippen molar-refractivity contribution in [2.75, 3.05) is 20.1 Å². The molecule has 1 saturated carbocycles. The molecule has 5 nitrogen and oxygen atoms in total. The highest BCUT2D eigenvalue weighted by atomic mass is 16.2. The van der Waals surface area contributed by atoms with Crippen LogP contribution in [0.25, 0.3) is 11.0 Å². The largest absolute Gasteiger partial charge is 0.348 e. The van der Waals surface area contributed by atoms with Gasteiger partial charge in [0.1, 0.15) is 0 Å². The Kier molecular flexibility index (Phi) is 3.73. The number of aromatic nitrogens is 2. The third-order valence-corrected chi connectivity index (χ3v) is 4.83.